The van der Waals surface area contributed by atoms with Gasteiger partial charge in [-0.25, -0.2) is 5.43 Å². The number of rotatable bonds is 13. The molecular formula is C28H30ClN3O7. The lowest BCUT2D eigenvalue weighted by Crippen LogP contribution is -2.34. The van der Waals surface area contributed by atoms with Gasteiger partial charge in [-0.2, -0.15) is 5.10 Å². The Morgan fingerprint density at radius 3 is 2.18 bits per heavy atom. The fourth-order valence-electron chi connectivity index (χ4n) is 3.43. The molecule has 10 nitrogen and oxygen atoms in total. The van der Waals surface area contributed by atoms with Crippen LogP contribution in [0.4, 0.5) is 0 Å². The first-order valence-corrected chi connectivity index (χ1v) is 12.3. The fraction of sp³-hybridized carbons (Fsp3) is 0.250. The molecule has 2 N–H and O–H groups in total. The summed E-state index contributed by atoms with van der Waals surface area (Å²) in [5, 5.41) is 7.15. The normalized spacial score (nSPS) is 10.6. The smallest absolute Gasteiger partial charge is 0.259 e. The molecule has 0 heterocycles. The van der Waals surface area contributed by atoms with E-state index in [0.717, 1.165) is 5.56 Å². The van der Waals surface area contributed by atoms with Crippen molar-refractivity contribution in [1.82, 2.24) is 10.7 Å². The summed E-state index contributed by atoms with van der Waals surface area (Å²) in [6, 6.07) is 15.7. The van der Waals surface area contributed by atoms with E-state index in [1.807, 2.05) is 19.1 Å². The third-order valence-electron chi connectivity index (χ3n) is 5.31. The highest BCUT2D eigenvalue weighted by atomic mass is 35.5. The summed E-state index contributed by atoms with van der Waals surface area (Å²) in [6.07, 6.45) is 1.46. The molecule has 0 saturated heterocycles. The standard InChI is InChI=1S/C28H30ClN3O7/c1-5-38-23-12-19(8-11-22(23)39-17-18-6-9-21(29)10-7-18)15-31-32-26(33)16-30-28(34)20-13-24(35-2)27(37-4)25(14-20)36-3/h6-15H,5,16-17H2,1-4H3,(H,30,34)(H,32,33)/b31-15+. The minimum absolute atomic E-state index is 0.239. The molecule has 39 heavy (non-hydrogen) atoms. The van der Waals surface area contributed by atoms with Crippen LogP contribution >= 0.6 is 11.6 Å². The summed E-state index contributed by atoms with van der Waals surface area (Å²) in [7, 11) is 4.36. The average Bonchev–Trinajstić information content (AvgIpc) is 2.95. The summed E-state index contributed by atoms with van der Waals surface area (Å²) in [6.45, 7) is 2.37. The first-order valence-electron chi connectivity index (χ1n) is 11.9. The molecular weight excluding hydrogens is 526 g/mol. The minimum atomic E-state index is -0.514. The topological polar surface area (TPSA) is 117 Å². The van der Waals surface area contributed by atoms with Gasteiger partial charge in [0.2, 0.25) is 5.75 Å². The summed E-state index contributed by atoms with van der Waals surface area (Å²) in [4.78, 5) is 24.8. The molecule has 0 spiro atoms. The Kier molecular flexibility index (Phi) is 10.8. The van der Waals surface area contributed by atoms with Crippen LogP contribution in [0.2, 0.25) is 5.02 Å². The largest absolute Gasteiger partial charge is 0.493 e. The van der Waals surface area contributed by atoms with Crippen molar-refractivity contribution in [1.29, 1.82) is 0 Å². The number of carbonyl (C=O) groups is 2. The maximum atomic E-state index is 12.6. The van der Waals surface area contributed by atoms with Gasteiger partial charge in [0, 0.05) is 10.6 Å². The van der Waals surface area contributed by atoms with Crippen LogP contribution in [0, 0.1) is 0 Å². The monoisotopic (exact) mass is 555 g/mol. The Labute approximate surface area is 231 Å². The molecule has 0 fully saturated rings. The van der Waals surface area contributed by atoms with Gasteiger partial charge in [-0.05, 0) is 60.5 Å². The van der Waals surface area contributed by atoms with Crippen molar-refractivity contribution in [3.8, 4) is 28.7 Å². The van der Waals surface area contributed by atoms with Gasteiger partial charge in [0.15, 0.2) is 23.0 Å². The molecule has 0 unspecified atom stereocenters. The van der Waals surface area contributed by atoms with Gasteiger partial charge < -0.3 is 29.0 Å². The van der Waals surface area contributed by atoms with Gasteiger partial charge in [-0.1, -0.05) is 23.7 Å². The molecule has 206 valence electrons. The number of hydrogen-bond acceptors (Lipinski definition) is 8. The van der Waals surface area contributed by atoms with Crippen molar-refractivity contribution < 1.29 is 33.3 Å². The zero-order valence-corrected chi connectivity index (χ0v) is 22.8. The molecule has 0 atom stereocenters. The quantitative estimate of drug-likeness (QED) is 0.239. The summed E-state index contributed by atoms with van der Waals surface area (Å²) < 4.78 is 27.4. The summed E-state index contributed by atoms with van der Waals surface area (Å²) in [5.74, 6) is 1.11. The molecule has 0 aromatic heterocycles. The average molecular weight is 556 g/mol. The lowest BCUT2D eigenvalue weighted by molar-refractivity contribution is -0.120. The van der Waals surface area contributed by atoms with Crippen LogP contribution in [0.5, 0.6) is 28.7 Å². The molecule has 0 aliphatic carbocycles. The van der Waals surface area contributed by atoms with Crippen LogP contribution in [0.25, 0.3) is 0 Å². The van der Waals surface area contributed by atoms with Crippen molar-refractivity contribution in [2.75, 3.05) is 34.5 Å². The Hall–Kier alpha value is -4.44. The van der Waals surface area contributed by atoms with Crippen molar-refractivity contribution in [3.63, 3.8) is 0 Å². The van der Waals surface area contributed by atoms with Gasteiger partial charge >= 0.3 is 0 Å². The Morgan fingerprint density at radius 1 is 0.872 bits per heavy atom. The van der Waals surface area contributed by atoms with E-state index in [2.05, 4.69) is 15.8 Å². The molecule has 3 aromatic rings. The van der Waals surface area contributed by atoms with Crippen molar-refractivity contribution >= 4 is 29.6 Å². The van der Waals surface area contributed by atoms with E-state index >= 15 is 0 Å². The van der Waals surface area contributed by atoms with E-state index in [-0.39, 0.29) is 12.1 Å². The van der Waals surface area contributed by atoms with E-state index in [9.17, 15) is 9.59 Å². The predicted octanol–water partition coefficient (Wildman–Crippen LogP) is 4.22. The molecule has 0 aliphatic heterocycles. The highest BCUT2D eigenvalue weighted by molar-refractivity contribution is 6.30. The number of nitrogens with zero attached hydrogens (tertiary/aromatic N) is 1. The second kappa shape index (κ2) is 14.5. The second-order valence-corrected chi connectivity index (χ2v) is 8.38. The highest BCUT2D eigenvalue weighted by Gasteiger charge is 2.17. The number of amides is 2. The molecule has 0 bridgehead atoms. The van der Waals surface area contributed by atoms with Gasteiger partial charge in [0.05, 0.1) is 40.7 Å². The molecule has 0 aliphatic rings. The minimum Gasteiger partial charge on any atom is -0.493 e. The number of ether oxygens (including phenoxy) is 5. The van der Waals surface area contributed by atoms with E-state index in [0.29, 0.717) is 52.5 Å². The van der Waals surface area contributed by atoms with Crippen LogP contribution in [-0.4, -0.2) is 52.5 Å². The SMILES string of the molecule is CCOc1cc(/C=N/NC(=O)CNC(=O)c2cc(OC)c(OC)c(OC)c2)ccc1OCc1ccc(Cl)cc1. The zero-order valence-electron chi connectivity index (χ0n) is 22.1. The summed E-state index contributed by atoms with van der Waals surface area (Å²) >= 11 is 5.93. The Bertz CT molecular complexity index is 1290. The van der Waals surface area contributed by atoms with E-state index in [4.69, 9.17) is 35.3 Å². The number of hydrogen-bond donors (Lipinski definition) is 2. The van der Waals surface area contributed by atoms with Gasteiger partial charge in [-0.15, -0.1) is 0 Å². The van der Waals surface area contributed by atoms with Crippen molar-refractivity contribution in [2.45, 2.75) is 13.5 Å². The molecule has 0 saturated carbocycles. The first kappa shape index (κ1) is 29.1. The third-order valence-corrected chi connectivity index (χ3v) is 5.57. The summed E-state index contributed by atoms with van der Waals surface area (Å²) in [5.41, 5.74) is 4.27. The number of hydrazone groups is 1. The Balaban J connectivity index is 1.56. The second-order valence-electron chi connectivity index (χ2n) is 7.94. The third kappa shape index (κ3) is 8.27. The number of carbonyl (C=O) groups excluding carboxylic acids is 2. The van der Waals surface area contributed by atoms with Gasteiger partial charge in [0.1, 0.15) is 6.61 Å². The van der Waals surface area contributed by atoms with Crippen LogP contribution in [0.3, 0.4) is 0 Å². The number of halogens is 1. The van der Waals surface area contributed by atoms with E-state index in [1.165, 1.54) is 39.7 Å². The number of methoxy groups -OCH3 is 3. The molecule has 0 radical (unpaired) electrons. The molecule has 11 heteroatoms. The van der Waals surface area contributed by atoms with E-state index < -0.39 is 11.8 Å². The van der Waals surface area contributed by atoms with Gasteiger partial charge in [-0.3, -0.25) is 9.59 Å². The van der Waals surface area contributed by atoms with Crippen LogP contribution in [0.1, 0.15) is 28.4 Å². The van der Waals surface area contributed by atoms with Crippen LogP contribution in [-0.2, 0) is 11.4 Å². The number of nitrogens with one attached hydrogen (secondary N) is 2. The molecule has 3 rings (SSSR count). The highest BCUT2D eigenvalue weighted by Crippen LogP contribution is 2.38. The molecule has 3 aromatic carbocycles. The van der Waals surface area contributed by atoms with Crippen molar-refractivity contribution in [3.05, 3.63) is 76.3 Å². The zero-order chi connectivity index (χ0) is 28.2. The van der Waals surface area contributed by atoms with Crippen LogP contribution < -0.4 is 34.4 Å². The van der Waals surface area contributed by atoms with Crippen LogP contribution in [0.15, 0.2) is 59.7 Å². The van der Waals surface area contributed by atoms with Crippen molar-refractivity contribution in [2.24, 2.45) is 5.10 Å². The molecule has 2 amide bonds. The maximum absolute atomic E-state index is 12.6. The lowest BCUT2D eigenvalue weighted by atomic mass is 10.1. The predicted molar refractivity (Wildman–Crippen MR) is 148 cm³/mol. The Morgan fingerprint density at radius 2 is 1.56 bits per heavy atom. The van der Waals surface area contributed by atoms with E-state index in [1.54, 1.807) is 30.3 Å². The maximum Gasteiger partial charge on any atom is 0.259 e. The fourth-order valence-corrected chi connectivity index (χ4v) is 3.55. The van der Waals surface area contributed by atoms with Gasteiger partial charge in [0.25, 0.3) is 11.8 Å². The lowest BCUT2D eigenvalue weighted by Gasteiger charge is -2.14. The number of benzene rings is 3. The first-order chi connectivity index (χ1) is 18.9.